The van der Waals surface area contributed by atoms with Gasteiger partial charge in [-0.2, -0.15) is 0 Å². The van der Waals surface area contributed by atoms with E-state index in [4.69, 9.17) is 4.74 Å². The average Bonchev–Trinajstić information content (AvgIpc) is 3.32. The first-order valence-corrected chi connectivity index (χ1v) is 9.79. The minimum atomic E-state index is -0.401. The third-order valence-electron chi connectivity index (χ3n) is 6.28. The van der Waals surface area contributed by atoms with Crippen molar-refractivity contribution in [2.45, 2.75) is 24.7 Å². The predicted molar refractivity (Wildman–Crippen MR) is 103 cm³/mol. The highest BCUT2D eigenvalue weighted by Crippen LogP contribution is 2.48. The Morgan fingerprint density at radius 1 is 1.11 bits per heavy atom. The Balaban J connectivity index is 1.42. The molecule has 1 atom stereocenters. The van der Waals surface area contributed by atoms with Crippen LogP contribution in [0.15, 0.2) is 42.7 Å². The summed E-state index contributed by atoms with van der Waals surface area (Å²) in [7, 11) is 0. The largest absolute Gasteiger partial charge is 0.381 e. The van der Waals surface area contributed by atoms with Gasteiger partial charge < -0.3 is 14.5 Å². The number of nitrogens with zero attached hydrogens (tertiary/aromatic N) is 4. The summed E-state index contributed by atoms with van der Waals surface area (Å²) in [6.07, 6.45) is 6.19. The molecule has 0 N–H and O–H groups in total. The van der Waals surface area contributed by atoms with Crippen LogP contribution in [0.25, 0.3) is 0 Å². The molecule has 2 fully saturated rings. The van der Waals surface area contributed by atoms with Gasteiger partial charge >= 0.3 is 0 Å². The van der Waals surface area contributed by atoms with E-state index in [2.05, 4.69) is 33.1 Å². The maximum absolute atomic E-state index is 13.6. The van der Waals surface area contributed by atoms with Crippen LogP contribution in [0.4, 0.5) is 11.6 Å². The molecule has 6 nitrogen and oxygen atoms in total. The summed E-state index contributed by atoms with van der Waals surface area (Å²) >= 11 is 0. The van der Waals surface area contributed by atoms with Crippen molar-refractivity contribution in [3.63, 3.8) is 0 Å². The molecule has 0 aliphatic carbocycles. The van der Waals surface area contributed by atoms with Gasteiger partial charge in [-0.1, -0.05) is 18.2 Å². The number of amides is 1. The van der Waals surface area contributed by atoms with E-state index < -0.39 is 5.41 Å². The van der Waals surface area contributed by atoms with Crippen LogP contribution < -0.4 is 9.80 Å². The summed E-state index contributed by atoms with van der Waals surface area (Å²) in [4.78, 5) is 26.6. The number of ether oxygens (including phenoxy) is 1. The monoisotopic (exact) mass is 364 g/mol. The van der Waals surface area contributed by atoms with Gasteiger partial charge in [0.1, 0.15) is 0 Å². The van der Waals surface area contributed by atoms with Gasteiger partial charge in [0.25, 0.3) is 0 Å². The van der Waals surface area contributed by atoms with Gasteiger partial charge in [0, 0.05) is 50.2 Å². The minimum absolute atomic E-state index is 0.268. The Morgan fingerprint density at radius 2 is 1.89 bits per heavy atom. The zero-order valence-corrected chi connectivity index (χ0v) is 15.4. The van der Waals surface area contributed by atoms with Gasteiger partial charge in [0.2, 0.25) is 11.9 Å². The van der Waals surface area contributed by atoms with E-state index in [1.54, 1.807) is 12.4 Å². The van der Waals surface area contributed by atoms with Crippen LogP contribution in [0.3, 0.4) is 0 Å². The lowest BCUT2D eigenvalue weighted by Crippen LogP contribution is -2.49. The van der Waals surface area contributed by atoms with Crippen molar-refractivity contribution in [3.8, 4) is 0 Å². The molecule has 4 heterocycles. The molecular formula is C21H24N4O2. The van der Waals surface area contributed by atoms with E-state index >= 15 is 0 Å². The van der Waals surface area contributed by atoms with Crippen molar-refractivity contribution in [1.29, 1.82) is 0 Å². The predicted octanol–water partition coefficient (Wildman–Crippen LogP) is 2.40. The first-order chi connectivity index (χ1) is 13.3. The molecule has 1 unspecified atom stereocenters. The van der Waals surface area contributed by atoms with Crippen LogP contribution in [0.1, 0.15) is 24.8 Å². The summed E-state index contributed by atoms with van der Waals surface area (Å²) in [5, 5.41) is 0. The highest BCUT2D eigenvalue weighted by molar-refractivity contribution is 6.08. The molecule has 27 heavy (non-hydrogen) atoms. The highest BCUT2D eigenvalue weighted by Gasteiger charge is 2.52. The average molecular weight is 364 g/mol. The fraction of sp³-hybridized carbons (Fsp3) is 0.476. The third-order valence-corrected chi connectivity index (χ3v) is 6.28. The number of fused-ring (bicyclic) bond motifs is 2. The van der Waals surface area contributed by atoms with E-state index in [1.165, 1.54) is 5.56 Å². The first-order valence-electron chi connectivity index (χ1n) is 9.79. The van der Waals surface area contributed by atoms with E-state index in [0.717, 1.165) is 63.7 Å². The molecular weight excluding hydrogens is 340 g/mol. The normalized spacial score (nSPS) is 23.9. The van der Waals surface area contributed by atoms with Crippen LogP contribution >= 0.6 is 0 Å². The first kappa shape index (κ1) is 16.7. The number of hydrogen-bond donors (Lipinski definition) is 0. The highest BCUT2D eigenvalue weighted by atomic mass is 16.5. The van der Waals surface area contributed by atoms with E-state index in [1.807, 2.05) is 17.0 Å². The van der Waals surface area contributed by atoms with Gasteiger partial charge in [-0.05, 0) is 37.0 Å². The molecule has 6 heteroatoms. The number of carbonyl (C=O) groups is 1. The van der Waals surface area contributed by atoms with Crippen LogP contribution in [0.2, 0.25) is 0 Å². The zero-order valence-electron chi connectivity index (χ0n) is 15.4. The number of benzene rings is 1. The molecule has 3 aliphatic heterocycles. The van der Waals surface area contributed by atoms with E-state index in [0.29, 0.717) is 5.92 Å². The van der Waals surface area contributed by atoms with Gasteiger partial charge in [0.15, 0.2) is 0 Å². The SMILES string of the molecule is O=C1N(CC2CCOC2)c2ccccc2C12CCN(c1ncccn1)CC2. The molecule has 0 bridgehead atoms. The molecule has 2 saturated heterocycles. The quantitative estimate of drug-likeness (QED) is 0.837. The molecule has 1 spiro atoms. The molecule has 0 saturated carbocycles. The topological polar surface area (TPSA) is 58.6 Å². The summed E-state index contributed by atoms with van der Waals surface area (Å²) in [6, 6.07) is 10.2. The maximum Gasteiger partial charge on any atom is 0.237 e. The fourth-order valence-electron chi connectivity index (χ4n) is 4.79. The summed E-state index contributed by atoms with van der Waals surface area (Å²) in [5.41, 5.74) is 1.89. The van der Waals surface area contributed by atoms with Gasteiger partial charge in [0.05, 0.1) is 12.0 Å². The molecule has 1 aromatic carbocycles. The lowest BCUT2D eigenvalue weighted by molar-refractivity contribution is -0.124. The lowest BCUT2D eigenvalue weighted by atomic mass is 9.73. The number of aromatic nitrogens is 2. The van der Waals surface area contributed by atoms with Crippen LogP contribution in [-0.4, -0.2) is 48.7 Å². The van der Waals surface area contributed by atoms with Crippen LogP contribution in [0, 0.1) is 5.92 Å². The second-order valence-corrected chi connectivity index (χ2v) is 7.78. The molecule has 3 aliphatic rings. The second kappa shape index (κ2) is 6.60. The van der Waals surface area contributed by atoms with E-state index in [-0.39, 0.29) is 5.91 Å². The Bertz CT molecular complexity index is 827. The maximum atomic E-state index is 13.6. The lowest BCUT2D eigenvalue weighted by Gasteiger charge is -2.38. The number of carbonyl (C=O) groups excluding carboxylic acids is 1. The smallest absolute Gasteiger partial charge is 0.237 e. The summed E-state index contributed by atoms with van der Waals surface area (Å²) in [5.74, 6) is 1.46. The zero-order chi connectivity index (χ0) is 18.3. The molecule has 1 aromatic heterocycles. The van der Waals surface area contributed by atoms with Crippen LogP contribution in [0.5, 0.6) is 0 Å². The van der Waals surface area contributed by atoms with Gasteiger partial charge in [-0.3, -0.25) is 4.79 Å². The van der Waals surface area contributed by atoms with E-state index in [9.17, 15) is 4.79 Å². The Morgan fingerprint density at radius 3 is 2.63 bits per heavy atom. The van der Waals surface area contributed by atoms with Crippen LogP contribution in [-0.2, 0) is 14.9 Å². The third kappa shape index (κ3) is 2.70. The van der Waals surface area contributed by atoms with Crippen molar-refractivity contribution in [2.75, 3.05) is 42.6 Å². The Labute approximate surface area is 159 Å². The Kier molecular flexibility index (Phi) is 4.08. The van der Waals surface area contributed by atoms with Crippen molar-refractivity contribution in [3.05, 3.63) is 48.3 Å². The molecule has 0 radical (unpaired) electrons. The Hall–Kier alpha value is -2.47. The number of rotatable bonds is 3. The van der Waals surface area contributed by atoms with Gasteiger partial charge in [-0.15, -0.1) is 0 Å². The molecule has 1 amide bonds. The summed E-state index contributed by atoms with van der Waals surface area (Å²) in [6.45, 7) is 3.93. The van der Waals surface area contributed by atoms with Gasteiger partial charge in [-0.25, -0.2) is 9.97 Å². The fourth-order valence-corrected chi connectivity index (χ4v) is 4.79. The number of anilines is 2. The molecule has 2 aromatic rings. The van der Waals surface area contributed by atoms with Crippen molar-refractivity contribution in [1.82, 2.24) is 9.97 Å². The number of hydrogen-bond acceptors (Lipinski definition) is 5. The minimum Gasteiger partial charge on any atom is -0.381 e. The second-order valence-electron chi connectivity index (χ2n) is 7.78. The van der Waals surface area contributed by atoms with Crippen molar-refractivity contribution < 1.29 is 9.53 Å². The summed E-state index contributed by atoms with van der Waals surface area (Å²) < 4.78 is 5.53. The molecule has 140 valence electrons. The van der Waals surface area contributed by atoms with Crippen molar-refractivity contribution in [2.24, 2.45) is 5.92 Å². The standard InChI is InChI=1S/C21H24N4O2/c26-19-21(7-11-24(12-8-21)20-22-9-3-10-23-20)17-4-1-2-5-18(17)25(19)14-16-6-13-27-15-16/h1-5,9-10,16H,6-8,11-15H2. The van der Waals surface area contributed by atoms with Crippen molar-refractivity contribution >= 4 is 17.5 Å². The number of para-hydroxylation sites is 1. The number of piperidine rings is 1. The molecule has 5 rings (SSSR count).